The van der Waals surface area contributed by atoms with Crippen LogP contribution in [0.2, 0.25) is 5.15 Å². The molecule has 1 aromatic heterocycles. The Hall–Kier alpha value is -1.73. The Morgan fingerprint density at radius 1 is 1.62 bits per heavy atom. The predicted octanol–water partition coefficient (Wildman–Crippen LogP) is 2.17. The number of nitrogens with one attached hydrogen (secondary N) is 1. The van der Waals surface area contributed by atoms with Crippen LogP contribution in [0.1, 0.15) is 37.6 Å². The molecule has 0 fully saturated rings. The molecule has 0 bridgehead atoms. The lowest BCUT2D eigenvalue weighted by atomic mass is 9.94. The second kappa shape index (κ2) is 6.82. The Morgan fingerprint density at radius 3 is 2.76 bits per heavy atom. The molecule has 1 heterocycles. The van der Waals surface area contributed by atoms with Gasteiger partial charge in [0.2, 0.25) is 0 Å². The standard InChI is InChI=1S/C13H18ClN3O4/c1-8(2)5-13(3,19)7-16-12(18)9-4-11(14)15-6-10(9)17(20)21/h4,6,8,19H,5,7H2,1-3H3,(H,16,18). The van der Waals surface area contributed by atoms with Gasteiger partial charge in [-0.2, -0.15) is 0 Å². The summed E-state index contributed by atoms with van der Waals surface area (Å²) in [7, 11) is 0. The third kappa shape index (κ3) is 5.28. The molecule has 116 valence electrons. The van der Waals surface area contributed by atoms with E-state index in [1.54, 1.807) is 6.92 Å². The van der Waals surface area contributed by atoms with Crippen LogP contribution < -0.4 is 5.32 Å². The van der Waals surface area contributed by atoms with Gasteiger partial charge in [0, 0.05) is 6.54 Å². The maximum atomic E-state index is 12.0. The Balaban J connectivity index is 2.85. The van der Waals surface area contributed by atoms with E-state index in [4.69, 9.17) is 11.6 Å². The van der Waals surface area contributed by atoms with Crippen molar-refractivity contribution in [3.05, 3.63) is 33.1 Å². The predicted molar refractivity (Wildman–Crippen MR) is 78.3 cm³/mol. The SMILES string of the molecule is CC(C)CC(C)(O)CNC(=O)c1cc(Cl)ncc1[N+](=O)[O-]. The molecule has 0 aliphatic carbocycles. The quantitative estimate of drug-likeness (QED) is 0.475. The van der Waals surface area contributed by atoms with Gasteiger partial charge in [0.05, 0.1) is 10.5 Å². The molecule has 0 aliphatic rings. The van der Waals surface area contributed by atoms with E-state index in [9.17, 15) is 20.0 Å². The minimum Gasteiger partial charge on any atom is -0.388 e. The second-order valence-corrected chi connectivity index (χ2v) is 5.95. The lowest BCUT2D eigenvalue weighted by Crippen LogP contribution is -2.41. The molecule has 8 heteroatoms. The molecule has 1 aromatic rings. The fourth-order valence-corrected chi connectivity index (χ4v) is 2.23. The van der Waals surface area contributed by atoms with Gasteiger partial charge in [0.25, 0.3) is 11.6 Å². The summed E-state index contributed by atoms with van der Waals surface area (Å²) >= 11 is 5.66. The fraction of sp³-hybridized carbons (Fsp3) is 0.538. The highest BCUT2D eigenvalue weighted by molar-refractivity contribution is 6.29. The van der Waals surface area contributed by atoms with E-state index >= 15 is 0 Å². The van der Waals surface area contributed by atoms with E-state index < -0.39 is 22.1 Å². The summed E-state index contributed by atoms with van der Waals surface area (Å²) in [5.74, 6) is -0.420. The summed E-state index contributed by atoms with van der Waals surface area (Å²) in [6.07, 6.45) is 1.43. The molecule has 1 amide bonds. The number of nitro groups is 1. The summed E-state index contributed by atoms with van der Waals surface area (Å²) in [6.45, 7) is 5.48. The van der Waals surface area contributed by atoms with Crippen LogP contribution in [0.25, 0.3) is 0 Å². The van der Waals surface area contributed by atoms with Gasteiger partial charge in [-0.05, 0) is 25.3 Å². The smallest absolute Gasteiger partial charge is 0.300 e. The highest BCUT2D eigenvalue weighted by Crippen LogP contribution is 2.21. The Morgan fingerprint density at radius 2 is 2.24 bits per heavy atom. The minimum atomic E-state index is -1.09. The lowest BCUT2D eigenvalue weighted by molar-refractivity contribution is -0.385. The topological polar surface area (TPSA) is 105 Å². The highest BCUT2D eigenvalue weighted by Gasteiger charge is 2.26. The number of nitrogens with zero attached hydrogens (tertiary/aromatic N) is 2. The van der Waals surface area contributed by atoms with Crippen LogP contribution in [-0.2, 0) is 0 Å². The number of hydrogen-bond acceptors (Lipinski definition) is 5. The molecule has 1 unspecified atom stereocenters. The van der Waals surface area contributed by atoms with Crippen LogP contribution >= 0.6 is 11.6 Å². The number of aliphatic hydroxyl groups is 1. The van der Waals surface area contributed by atoms with E-state index in [1.165, 1.54) is 0 Å². The molecule has 0 aliphatic heterocycles. The largest absolute Gasteiger partial charge is 0.388 e. The summed E-state index contributed by atoms with van der Waals surface area (Å²) in [6, 6.07) is 1.13. The van der Waals surface area contributed by atoms with E-state index in [0.29, 0.717) is 6.42 Å². The second-order valence-electron chi connectivity index (χ2n) is 5.56. The van der Waals surface area contributed by atoms with Gasteiger partial charge in [-0.15, -0.1) is 0 Å². The van der Waals surface area contributed by atoms with Crippen molar-refractivity contribution >= 4 is 23.2 Å². The van der Waals surface area contributed by atoms with Crippen molar-refractivity contribution in [1.29, 1.82) is 0 Å². The van der Waals surface area contributed by atoms with Crippen molar-refractivity contribution in [1.82, 2.24) is 10.3 Å². The number of amides is 1. The summed E-state index contributed by atoms with van der Waals surface area (Å²) in [5.41, 5.74) is -1.70. The number of rotatable bonds is 6. The van der Waals surface area contributed by atoms with Crippen LogP contribution in [-0.4, -0.2) is 33.1 Å². The van der Waals surface area contributed by atoms with Gasteiger partial charge in [0.1, 0.15) is 16.9 Å². The van der Waals surface area contributed by atoms with Gasteiger partial charge in [-0.25, -0.2) is 4.98 Å². The van der Waals surface area contributed by atoms with E-state index in [1.807, 2.05) is 13.8 Å². The number of carbonyl (C=O) groups is 1. The Bertz CT molecular complexity index is 546. The highest BCUT2D eigenvalue weighted by atomic mass is 35.5. The maximum absolute atomic E-state index is 12.0. The van der Waals surface area contributed by atoms with Crippen molar-refractivity contribution in [2.75, 3.05) is 6.54 Å². The number of halogens is 1. The zero-order valence-electron chi connectivity index (χ0n) is 12.1. The molecule has 7 nitrogen and oxygen atoms in total. The van der Waals surface area contributed by atoms with Crippen molar-refractivity contribution in [3.63, 3.8) is 0 Å². The van der Waals surface area contributed by atoms with E-state index in [2.05, 4.69) is 10.3 Å². The molecular weight excluding hydrogens is 298 g/mol. The number of carbonyl (C=O) groups excluding carboxylic acids is 1. The van der Waals surface area contributed by atoms with Gasteiger partial charge in [-0.1, -0.05) is 25.4 Å². The summed E-state index contributed by atoms with van der Waals surface area (Å²) < 4.78 is 0. The Labute approximate surface area is 127 Å². The van der Waals surface area contributed by atoms with Gasteiger partial charge >= 0.3 is 0 Å². The van der Waals surface area contributed by atoms with E-state index in [0.717, 1.165) is 12.3 Å². The maximum Gasteiger partial charge on any atom is 0.300 e. The Kier molecular flexibility index (Phi) is 5.62. The minimum absolute atomic E-state index is 0.0128. The summed E-state index contributed by atoms with van der Waals surface area (Å²) in [5, 5.41) is 23.5. The average molecular weight is 316 g/mol. The van der Waals surface area contributed by atoms with Gasteiger partial charge in [0.15, 0.2) is 0 Å². The van der Waals surface area contributed by atoms with Crippen LogP contribution in [0.3, 0.4) is 0 Å². The normalized spacial score (nSPS) is 13.8. The zero-order chi connectivity index (χ0) is 16.2. The lowest BCUT2D eigenvalue weighted by Gasteiger charge is -2.25. The first-order valence-corrected chi connectivity index (χ1v) is 6.80. The van der Waals surface area contributed by atoms with Crippen molar-refractivity contribution in [2.24, 2.45) is 5.92 Å². The average Bonchev–Trinajstić information content (AvgIpc) is 2.34. The molecule has 1 atom stereocenters. The molecular formula is C13H18ClN3O4. The molecule has 2 N–H and O–H groups in total. The van der Waals surface area contributed by atoms with Crippen molar-refractivity contribution < 1.29 is 14.8 Å². The molecule has 0 aromatic carbocycles. The third-order valence-corrected chi connectivity index (χ3v) is 2.98. The molecule has 0 radical (unpaired) electrons. The first kappa shape index (κ1) is 17.3. The molecule has 0 saturated carbocycles. The first-order chi connectivity index (χ1) is 9.62. The number of pyridine rings is 1. The summed E-state index contributed by atoms with van der Waals surface area (Å²) in [4.78, 5) is 25.8. The van der Waals surface area contributed by atoms with E-state index in [-0.39, 0.29) is 23.2 Å². The van der Waals surface area contributed by atoms with Crippen LogP contribution in [0.4, 0.5) is 5.69 Å². The molecule has 0 spiro atoms. The van der Waals surface area contributed by atoms with Gasteiger partial charge in [-0.3, -0.25) is 14.9 Å². The van der Waals surface area contributed by atoms with Crippen LogP contribution in [0, 0.1) is 16.0 Å². The van der Waals surface area contributed by atoms with Crippen LogP contribution in [0.15, 0.2) is 12.3 Å². The molecule has 21 heavy (non-hydrogen) atoms. The fourth-order valence-electron chi connectivity index (χ4n) is 2.07. The zero-order valence-corrected chi connectivity index (χ0v) is 12.8. The number of aromatic nitrogens is 1. The first-order valence-electron chi connectivity index (χ1n) is 6.43. The molecule has 1 rings (SSSR count). The third-order valence-electron chi connectivity index (χ3n) is 2.77. The monoisotopic (exact) mass is 315 g/mol. The molecule has 0 saturated heterocycles. The number of hydrogen-bond donors (Lipinski definition) is 2. The van der Waals surface area contributed by atoms with Crippen LogP contribution in [0.5, 0.6) is 0 Å². The van der Waals surface area contributed by atoms with Crippen molar-refractivity contribution in [3.8, 4) is 0 Å². The van der Waals surface area contributed by atoms with Gasteiger partial charge < -0.3 is 10.4 Å². The van der Waals surface area contributed by atoms with Crippen molar-refractivity contribution in [2.45, 2.75) is 32.8 Å².